The van der Waals surface area contributed by atoms with E-state index in [2.05, 4.69) is 10.4 Å². The van der Waals surface area contributed by atoms with Gasteiger partial charge in [0.25, 0.3) is 11.8 Å². The first-order valence-electron chi connectivity index (χ1n) is 9.54. The van der Waals surface area contributed by atoms with Crippen molar-refractivity contribution in [3.8, 4) is 11.8 Å². The first-order chi connectivity index (χ1) is 14.5. The largest absolute Gasteiger partial charge is 0.308 e. The highest BCUT2D eigenvalue weighted by Gasteiger charge is 2.35. The van der Waals surface area contributed by atoms with Crippen LogP contribution in [0.4, 0.5) is 11.5 Å². The van der Waals surface area contributed by atoms with Crippen molar-refractivity contribution >= 4 is 28.9 Å². The van der Waals surface area contributed by atoms with Crippen molar-refractivity contribution < 1.29 is 9.59 Å². The van der Waals surface area contributed by atoms with Crippen LogP contribution in [-0.4, -0.2) is 28.1 Å². The van der Waals surface area contributed by atoms with Gasteiger partial charge in [-0.05, 0) is 32.0 Å². The van der Waals surface area contributed by atoms with E-state index in [4.69, 9.17) is 0 Å². The summed E-state index contributed by atoms with van der Waals surface area (Å²) in [5, 5.41) is 16.9. The molecule has 0 saturated heterocycles. The third kappa shape index (κ3) is 3.14. The number of rotatable bonds is 4. The van der Waals surface area contributed by atoms with Crippen molar-refractivity contribution in [2.45, 2.75) is 13.8 Å². The third-order valence-corrected chi connectivity index (χ3v) is 4.90. The molecule has 0 aliphatic carbocycles. The van der Waals surface area contributed by atoms with Gasteiger partial charge >= 0.3 is 0 Å². The first kappa shape index (κ1) is 19.2. The summed E-state index contributed by atoms with van der Waals surface area (Å²) in [7, 11) is 0. The average Bonchev–Trinajstić information content (AvgIpc) is 3.26. The number of nitriles is 1. The Morgan fingerprint density at radius 3 is 2.53 bits per heavy atom. The van der Waals surface area contributed by atoms with E-state index in [-0.39, 0.29) is 17.1 Å². The number of aromatic nitrogens is 2. The van der Waals surface area contributed by atoms with Crippen LogP contribution >= 0.6 is 0 Å². The molecule has 1 aliphatic heterocycles. The standard InChI is InChI=1S/C23H19N5O2/c1-3-27-19-12-8-7-11-17(19)21(23(27)30)18(14-24)22(29)25-20-13-15(2)26-28(20)16-9-5-4-6-10-16/h4-13H,3H2,1-2H3,(H,25,29)/b21-18+. The van der Waals surface area contributed by atoms with Crippen LogP contribution < -0.4 is 10.2 Å². The Morgan fingerprint density at radius 1 is 1.13 bits per heavy atom. The molecule has 2 aromatic carbocycles. The maximum Gasteiger partial charge on any atom is 0.268 e. The molecule has 0 spiro atoms. The predicted molar refractivity (Wildman–Crippen MR) is 114 cm³/mol. The molecule has 2 amide bonds. The molecule has 3 aromatic rings. The number of hydrogen-bond acceptors (Lipinski definition) is 4. The smallest absolute Gasteiger partial charge is 0.268 e. The average molecular weight is 397 g/mol. The van der Waals surface area contributed by atoms with Crippen LogP contribution in [0.2, 0.25) is 0 Å². The monoisotopic (exact) mass is 397 g/mol. The number of carbonyl (C=O) groups is 2. The summed E-state index contributed by atoms with van der Waals surface area (Å²) in [6.45, 7) is 4.11. The van der Waals surface area contributed by atoms with E-state index < -0.39 is 5.91 Å². The normalized spacial score (nSPS) is 14.3. The highest BCUT2D eigenvalue weighted by Crippen LogP contribution is 2.38. The molecule has 0 radical (unpaired) electrons. The fraction of sp³-hybridized carbons (Fsp3) is 0.130. The van der Waals surface area contributed by atoms with Gasteiger partial charge < -0.3 is 10.2 Å². The second kappa shape index (κ2) is 7.68. The molecule has 2 heterocycles. The van der Waals surface area contributed by atoms with Crippen LogP contribution in [0.15, 0.2) is 66.2 Å². The number of aryl methyl sites for hydroxylation is 1. The number of carbonyl (C=O) groups excluding carboxylic acids is 2. The molecule has 7 nitrogen and oxygen atoms in total. The number of para-hydroxylation sites is 2. The van der Waals surface area contributed by atoms with Gasteiger partial charge in [0.1, 0.15) is 17.5 Å². The zero-order chi connectivity index (χ0) is 21.3. The van der Waals surface area contributed by atoms with Crippen LogP contribution in [0.1, 0.15) is 18.2 Å². The zero-order valence-electron chi connectivity index (χ0n) is 16.6. The third-order valence-electron chi connectivity index (χ3n) is 4.90. The number of fused-ring (bicyclic) bond motifs is 1. The lowest BCUT2D eigenvalue weighted by molar-refractivity contribution is -0.114. The summed E-state index contributed by atoms with van der Waals surface area (Å²) in [6.07, 6.45) is 0. The molecule has 0 bridgehead atoms. The lowest BCUT2D eigenvalue weighted by Crippen LogP contribution is -2.27. The van der Waals surface area contributed by atoms with Crippen LogP contribution in [0.5, 0.6) is 0 Å². The Morgan fingerprint density at radius 2 is 1.83 bits per heavy atom. The van der Waals surface area contributed by atoms with Gasteiger partial charge in [0.2, 0.25) is 0 Å². The van der Waals surface area contributed by atoms with Crippen LogP contribution in [-0.2, 0) is 9.59 Å². The molecule has 0 fully saturated rings. The van der Waals surface area contributed by atoms with E-state index in [9.17, 15) is 14.9 Å². The Hall–Kier alpha value is -4.18. The number of amides is 2. The van der Waals surface area contributed by atoms with E-state index in [0.717, 1.165) is 5.69 Å². The number of benzene rings is 2. The lowest BCUT2D eigenvalue weighted by atomic mass is 10.0. The fourth-order valence-corrected chi connectivity index (χ4v) is 3.59. The molecule has 1 N–H and O–H groups in total. The van der Waals surface area contributed by atoms with Crippen molar-refractivity contribution in [1.82, 2.24) is 9.78 Å². The molecule has 7 heteroatoms. The second-order valence-electron chi connectivity index (χ2n) is 6.80. The van der Waals surface area contributed by atoms with Crippen molar-refractivity contribution in [1.29, 1.82) is 5.26 Å². The topological polar surface area (TPSA) is 91.0 Å². The maximum atomic E-state index is 13.1. The highest BCUT2D eigenvalue weighted by molar-refractivity contribution is 6.37. The van der Waals surface area contributed by atoms with Gasteiger partial charge in [0.05, 0.1) is 22.6 Å². The molecule has 0 atom stereocenters. The van der Waals surface area contributed by atoms with Gasteiger partial charge in [-0.2, -0.15) is 10.4 Å². The van der Waals surface area contributed by atoms with Gasteiger partial charge in [-0.25, -0.2) is 4.68 Å². The number of nitrogens with one attached hydrogen (secondary N) is 1. The molecular formula is C23H19N5O2. The zero-order valence-corrected chi connectivity index (χ0v) is 16.6. The highest BCUT2D eigenvalue weighted by atomic mass is 16.2. The van der Waals surface area contributed by atoms with E-state index in [1.165, 1.54) is 0 Å². The first-order valence-corrected chi connectivity index (χ1v) is 9.54. The van der Waals surface area contributed by atoms with Crippen molar-refractivity contribution in [2.24, 2.45) is 0 Å². The quantitative estimate of drug-likeness (QED) is 0.539. The summed E-state index contributed by atoms with van der Waals surface area (Å²) in [6, 6.07) is 20.2. The summed E-state index contributed by atoms with van der Waals surface area (Å²) < 4.78 is 1.59. The van der Waals surface area contributed by atoms with E-state index in [1.807, 2.05) is 62.4 Å². The van der Waals surface area contributed by atoms with Gasteiger partial charge in [0, 0.05) is 18.2 Å². The van der Waals surface area contributed by atoms with Gasteiger partial charge in [0.15, 0.2) is 0 Å². The van der Waals surface area contributed by atoms with Crippen molar-refractivity contribution in [3.63, 3.8) is 0 Å². The minimum Gasteiger partial charge on any atom is -0.308 e. The SMILES string of the molecule is CCN1C(=O)/C(=C(\C#N)C(=O)Nc2cc(C)nn2-c2ccccc2)c2ccccc21. The van der Waals surface area contributed by atoms with Gasteiger partial charge in [-0.3, -0.25) is 9.59 Å². The molecule has 1 aliphatic rings. The minimum atomic E-state index is -0.648. The van der Waals surface area contributed by atoms with E-state index in [1.54, 1.807) is 27.8 Å². The Bertz CT molecular complexity index is 1220. The van der Waals surface area contributed by atoms with Gasteiger partial charge in [-0.1, -0.05) is 36.4 Å². The van der Waals surface area contributed by atoms with E-state index >= 15 is 0 Å². The molecule has 4 rings (SSSR count). The van der Waals surface area contributed by atoms with Crippen LogP contribution in [0.3, 0.4) is 0 Å². The maximum absolute atomic E-state index is 13.1. The Labute approximate surface area is 173 Å². The number of likely N-dealkylation sites (N-methyl/N-ethyl adjacent to an activating group) is 1. The number of hydrogen-bond donors (Lipinski definition) is 1. The Balaban J connectivity index is 1.76. The van der Waals surface area contributed by atoms with E-state index in [0.29, 0.717) is 29.3 Å². The molecule has 148 valence electrons. The van der Waals surface area contributed by atoms with Crippen molar-refractivity contribution in [2.75, 3.05) is 16.8 Å². The predicted octanol–water partition coefficient (Wildman–Crippen LogP) is 3.46. The fourth-order valence-electron chi connectivity index (χ4n) is 3.59. The van der Waals surface area contributed by atoms with Crippen LogP contribution in [0.25, 0.3) is 11.3 Å². The summed E-state index contributed by atoms with van der Waals surface area (Å²) >= 11 is 0. The lowest BCUT2D eigenvalue weighted by Gasteiger charge is -2.13. The number of nitrogens with zero attached hydrogens (tertiary/aromatic N) is 4. The minimum absolute atomic E-state index is 0.120. The Kier molecular flexibility index (Phi) is 4.90. The molecular weight excluding hydrogens is 378 g/mol. The molecule has 30 heavy (non-hydrogen) atoms. The van der Waals surface area contributed by atoms with Crippen molar-refractivity contribution in [3.05, 3.63) is 77.5 Å². The van der Waals surface area contributed by atoms with Crippen LogP contribution in [0, 0.1) is 18.3 Å². The summed E-state index contributed by atoms with van der Waals surface area (Å²) in [5.74, 6) is -0.577. The molecule has 1 aromatic heterocycles. The summed E-state index contributed by atoms with van der Waals surface area (Å²) in [5.41, 5.74) is 2.66. The molecule has 0 unspecified atom stereocenters. The number of anilines is 2. The molecule has 0 saturated carbocycles. The van der Waals surface area contributed by atoms with Gasteiger partial charge in [-0.15, -0.1) is 0 Å². The second-order valence-corrected chi connectivity index (χ2v) is 6.80. The summed E-state index contributed by atoms with van der Waals surface area (Å²) in [4.78, 5) is 27.6.